The third kappa shape index (κ3) is 3.00. The number of hydrogen-bond acceptors (Lipinski definition) is 5. The Hall–Kier alpha value is -1.59. The molecular weight excluding hydrogens is 272 g/mol. The van der Waals surface area contributed by atoms with Gasteiger partial charge < -0.3 is 10.1 Å². The summed E-state index contributed by atoms with van der Waals surface area (Å²) in [5, 5.41) is 3.58. The maximum atomic E-state index is 11.5. The predicted octanol–water partition coefficient (Wildman–Crippen LogP) is 3.20. The normalized spacial score (nSPS) is 10.1. The highest BCUT2D eigenvalue weighted by molar-refractivity contribution is 7.09. The van der Waals surface area contributed by atoms with E-state index in [2.05, 4.69) is 15.0 Å². The van der Waals surface area contributed by atoms with Gasteiger partial charge >= 0.3 is 5.97 Å². The number of anilines is 1. The lowest BCUT2D eigenvalue weighted by Gasteiger charge is -2.08. The highest BCUT2D eigenvalue weighted by Gasteiger charge is 2.11. The van der Waals surface area contributed by atoms with Gasteiger partial charge in [-0.15, -0.1) is 11.3 Å². The molecule has 0 radical (unpaired) electrons. The molecule has 0 aliphatic rings. The van der Waals surface area contributed by atoms with Gasteiger partial charge in [-0.25, -0.2) is 4.79 Å². The number of nitrogens with one attached hydrogen (secondary N) is 1. The minimum absolute atomic E-state index is 0.355. The lowest BCUT2D eigenvalue weighted by atomic mass is 10.2. The Bertz CT molecular complexity index is 543. The van der Waals surface area contributed by atoms with Crippen LogP contribution in [0, 0.1) is 0 Å². The van der Waals surface area contributed by atoms with E-state index in [-0.39, 0.29) is 0 Å². The second kappa shape index (κ2) is 5.84. The third-order valence-electron chi connectivity index (χ3n) is 2.32. The Kier molecular flexibility index (Phi) is 4.17. The molecule has 0 bridgehead atoms. The van der Waals surface area contributed by atoms with Crippen LogP contribution >= 0.6 is 22.9 Å². The second-order valence-corrected chi connectivity index (χ2v) is 4.89. The number of hydrogen-bond donors (Lipinski definition) is 1. The number of carbonyl (C=O) groups is 1. The largest absolute Gasteiger partial charge is 0.465 e. The SMILES string of the molecule is COC(=O)c1cc(NCc2cncs2)ccc1Cl. The van der Waals surface area contributed by atoms with E-state index in [0.29, 0.717) is 17.1 Å². The molecule has 1 aromatic carbocycles. The number of rotatable bonds is 4. The maximum Gasteiger partial charge on any atom is 0.339 e. The van der Waals surface area contributed by atoms with Crippen molar-refractivity contribution < 1.29 is 9.53 Å². The summed E-state index contributed by atoms with van der Waals surface area (Å²) in [6, 6.07) is 5.16. The van der Waals surface area contributed by atoms with E-state index >= 15 is 0 Å². The molecule has 4 nitrogen and oxygen atoms in total. The summed E-state index contributed by atoms with van der Waals surface area (Å²) in [7, 11) is 1.33. The van der Waals surface area contributed by atoms with Crippen LogP contribution in [0.3, 0.4) is 0 Å². The summed E-state index contributed by atoms with van der Waals surface area (Å²) in [5.41, 5.74) is 2.94. The molecule has 2 rings (SSSR count). The molecule has 0 aliphatic heterocycles. The van der Waals surface area contributed by atoms with Crippen molar-refractivity contribution in [1.29, 1.82) is 0 Å². The number of halogens is 1. The van der Waals surface area contributed by atoms with Crippen LogP contribution in [0.25, 0.3) is 0 Å². The van der Waals surface area contributed by atoms with E-state index in [0.717, 1.165) is 10.6 Å². The van der Waals surface area contributed by atoms with Crippen LogP contribution in [0.1, 0.15) is 15.2 Å². The van der Waals surface area contributed by atoms with Gasteiger partial charge in [0.15, 0.2) is 0 Å². The van der Waals surface area contributed by atoms with E-state index in [1.54, 1.807) is 35.2 Å². The van der Waals surface area contributed by atoms with Crippen molar-refractivity contribution in [2.24, 2.45) is 0 Å². The summed E-state index contributed by atoms with van der Waals surface area (Å²) in [4.78, 5) is 16.6. The van der Waals surface area contributed by atoms with Crippen LogP contribution in [0.5, 0.6) is 0 Å². The summed E-state index contributed by atoms with van der Waals surface area (Å²) >= 11 is 7.50. The maximum absolute atomic E-state index is 11.5. The topological polar surface area (TPSA) is 51.2 Å². The number of nitrogens with zero attached hydrogens (tertiary/aromatic N) is 1. The predicted molar refractivity (Wildman–Crippen MR) is 72.2 cm³/mol. The van der Waals surface area contributed by atoms with Crippen LogP contribution in [0.15, 0.2) is 29.9 Å². The van der Waals surface area contributed by atoms with E-state index in [1.807, 2.05) is 6.07 Å². The number of esters is 1. The van der Waals surface area contributed by atoms with Crippen molar-refractivity contribution in [1.82, 2.24) is 4.98 Å². The molecule has 1 heterocycles. The van der Waals surface area contributed by atoms with Crippen LogP contribution in [-0.2, 0) is 11.3 Å². The Morgan fingerprint density at radius 2 is 2.39 bits per heavy atom. The monoisotopic (exact) mass is 282 g/mol. The number of methoxy groups -OCH3 is 1. The van der Waals surface area contributed by atoms with E-state index in [9.17, 15) is 4.79 Å². The number of ether oxygens (including phenoxy) is 1. The van der Waals surface area contributed by atoms with Gasteiger partial charge in [-0.05, 0) is 18.2 Å². The second-order valence-electron chi connectivity index (χ2n) is 3.51. The Morgan fingerprint density at radius 1 is 1.56 bits per heavy atom. The first-order valence-corrected chi connectivity index (χ1v) is 6.45. The van der Waals surface area contributed by atoms with Crippen molar-refractivity contribution in [3.8, 4) is 0 Å². The number of aromatic nitrogens is 1. The molecule has 18 heavy (non-hydrogen) atoms. The first-order chi connectivity index (χ1) is 8.70. The van der Waals surface area contributed by atoms with Gasteiger partial charge in [0.05, 0.1) is 29.8 Å². The van der Waals surface area contributed by atoms with Gasteiger partial charge in [-0.1, -0.05) is 11.6 Å². The van der Waals surface area contributed by atoms with E-state index in [1.165, 1.54) is 7.11 Å². The molecule has 0 spiro atoms. The van der Waals surface area contributed by atoms with Gasteiger partial charge in [-0.2, -0.15) is 0 Å². The van der Waals surface area contributed by atoms with Crippen LogP contribution in [-0.4, -0.2) is 18.1 Å². The average Bonchev–Trinajstić information content (AvgIpc) is 2.90. The average molecular weight is 283 g/mol. The van der Waals surface area contributed by atoms with Gasteiger partial charge in [0.1, 0.15) is 0 Å². The van der Waals surface area contributed by atoms with Crippen LogP contribution in [0.2, 0.25) is 5.02 Å². The zero-order valence-corrected chi connectivity index (χ0v) is 11.2. The van der Waals surface area contributed by atoms with Crippen LogP contribution < -0.4 is 5.32 Å². The molecule has 0 saturated carbocycles. The summed E-state index contributed by atoms with van der Waals surface area (Å²) < 4.78 is 4.66. The van der Waals surface area contributed by atoms with Gasteiger partial charge in [-0.3, -0.25) is 4.98 Å². The molecule has 6 heteroatoms. The molecule has 0 fully saturated rings. The first-order valence-electron chi connectivity index (χ1n) is 5.20. The zero-order valence-electron chi connectivity index (χ0n) is 9.64. The lowest BCUT2D eigenvalue weighted by Crippen LogP contribution is -2.04. The molecule has 0 saturated heterocycles. The van der Waals surface area contributed by atoms with Gasteiger partial charge in [0, 0.05) is 16.8 Å². The van der Waals surface area contributed by atoms with Crippen molar-refractivity contribution in [3.63, 3.8) is 0 Å². The molecule has 1 N–H and O–H groups in total. The quantitative estimate of drug-likeness (QED) is 0.875. The molecule has 0 atom stereocenters. The minimum Gasteiger partial charge on any atom is -0.465 e. The number of benzene rings is 1. The van der Waals surface area contributed by atoms with E-state index < -0.39 is 5.97 Å². The van der Waals surface area contributed by atoms with Crippen LogP contribution in [0.4, 0.5) is 5.69 Å². The fraction of sp³-hybridized carbons (Fsp3) is 0.167. The Morgan fingerprint density at radius 3 is 3.06 bits per heavy atom. The smallest absolute Gasteiger partial charge is 0.339 e. The molecule has 1 aromatic heterocycles. The minimum atomic E-state index is -0.443. The number of thiazole rings is 1. The highest BCUT2D eigenvalue weighted by atomic mass is 35.5. The van der Waals surface area contributed by atoms with Gasteiger partial charge in [0.25, 0.3) is 0 Å². The van der Waals surface area contributed by atoms with Crippen molar-refractivity contribution >= 4 is 34.6 Å². The zero-order chi connectivity index (χ0) is 13.0. The fourth-order valence-electron chi connectivity index (χ4n) is 1.42. The van der Waals surface area contributed by atoms with Gasteiger partial charge in [0.2, 0.25) is 0 Å². The summed E-state index contributed by atoms with van der Waals surface area (Å²) in [6.07, 6.45) is 1.80. The number of carbonyl (C=O) groups excluding carboxylic acids is 1. The Labute approximate surface area is 114 Å². The highest BCUT2D eigenvalue weighted by Crippen LogP contribution is 2.22. The lowest BCUT2D eigenvalue weighted by molar-refractivity contribution is 0.0601. The van der Waals surface area contributed by atoms with Crippen molar-refractivity contribution in [2.45, 2.75) is 6.54 Å². The molecule has 0 unspecified atom stereocenters. The molecule has 0 amide bonds. The third-order valence-corrected chi connectivity index (χ3v) is 3.43. The molecular formula is C12H11ClN2O2S. The standard InChI is InChI=1S/C12H11ClN2O2S/c1-17-12(16)10-4-8(2-3-11(10)13)15-6-9-5-14-7-18-9/h2-5,7,15H,6H2,1H3. The Balaban J connectivity index is 2.12. The molecule has 0 aliphatic carbocycles. The van der Waals surface area contributed by atoms with Crippen molar-refractivity contribution in [3.05, 3.63) is 45.4 Å². The fourth-order valence-corrected chi connectivity index (χ4v) is 2.15. The molecule has 2 aromatic rings. The summed E-state index contributed by atoms with van der Waals surface area (Å²) in [6.45, 7) is 0.660. The van der Waals surface area contributed by atoms with Crippen molar-refractivity contribution in [2.75, 3.05) is 12.4 Å². The van der Waals surface area contributed by atoms with E-state index in [4.69, 9.17) is 11.6 Å². The first kappa shape index (κ1) is 12.9. The summed E-state index contributed by atoms with van der Waals surface area (Å²) in [5.74, 6) is -0.443. The molecule has 94 valence electrons.